The summed E-state index contributed by atoms with van der Waals surface area (Å²) in [6.45, 7) is 7.88. The van der Waals surface area contributed by atoms with E-state index in [-0.39, 0.29) is 6.61 Å². The summed E-state index contributed by atoms with van der Waals surface area (Å²) in [5, 5.41) is 10.2. The molecule has 0 amide bonds. The third-order valence-electron chi connectivity index (χ3n) is 3.51. The molecule has 1 heterocycles. The van der Waals surface area contributed by atoms with E-state index in [1.807, 2.05) is 0 Å². The van der Waals surface area contributed by atoms with Crippen molar-refractivity contribution >= 4 is 23.9 Å². The minimum Gasteiger partial charge on any atom is -0.462 e. The zero-order valence-corrected chi connectivity index (χ0v) is 16.2. The summed E-state index contributed by atoms with van der Waals surface area (Å²) in [6.07, 6.45) is -6.88. The van der Waals surface area contributed by atoms with Crippen LogP contribution in [0.1, 0.15) is 41.5 Å². The second kappa shape index (κ2) is 9.14. The topological polar surface area (TPSA) is 135 Å². The summed E-state index contributed by atoms with van der Waals surface area (Å²) >= 11 is 0. The maximum Gasteiger partial charge on any atom is 0.311 e. The summed E-state index contributed by atoms with van der Waals surface area (Å²) in [5.74, 6) is -2.80. The van der Waals surface area contributed by atoms with Gasteiger partial charge in [0.05, 0.1) is 5.41 Å². The molecule has 0 spiro atoms. The molecule has 0 aromatic rings. The summed E-state index contributed by atoms with van der Waals surface area (Å²) in [6, 6.07) is 0. The predicted molar refractivity (Wildman–Crippen MR) is 88.0 cm³/mol. The van der Waals surface area contributed by atoms with E-state index in [4.69, 9.17) is 23.7 Å². The number of esters is 4. The highest BCUT2D eigenvalue weighted by molar-refractivity contribution is 5.75. The van der Waals surface area contributed by atoms with Crippen LogP contribution >= 0.6 is 0 Å². The first kappa shape index (κ1) is 22.8. The van der Waals surface area contributed by atoms with E-state index in [0.29, 0.717) is 0 Å². The number of aliphatic hydroxyl groups is 1. The maximum absolute atomic E-state index is 12.0. The van der Waals surface area contributed by atoms with Gasteiger partial charge in [-0.3, -0.25) is 19.2 Å². The molecule has 0 aliphatic carbocycles. The smallest absolute Gasteiger partial charge is 0.311 e. The van der Waals surface area contributed by atoms with Gasteiger partial charge in [-0.2, -0.15) is 0 Å². The van der Waals surface area contributed by atoms with E-state index in [2.05, 4.69) is 0 Å². The Morgan fingerprint density at radius 2 is 1.30 bits per heavy atom. The van der Waals surface area contributed by atoms with Crippen LogP contribution in [0.5, 0.6) is 0 Å². The minimum atomic E-state index is -1.69. The quantitative estimate of drug-likeness (QED) is 0.508. The van der Waals surface area contributed by atoms with Crippen molar-refractivity contribution in [3.05, 3.63) is 0 Å². The first-order chi connectivity index (χ1) is 12.3. The van der Waals surface area contributed by atoms with E-state index < -0.39 is 60.0 Å². The lowest BCUT2D eigenvalue weighted by Gasteiger charge is -2.42. The van der Waals surface area contributed by atoms with Gasteiger partial charge in [0, 0.05) is 20.8 Å². The number of rotatable bonds is 5. The third-order valence-corrected chi connectivity index (χ3v) is 3.51. The van der Waals surface area contributed by atoms with Crippen LogP contribution in [-0.4, -0.2) is 66.3 Å². The molecular formula is C17H26O10. The average Bonchev–Trinajstić information content (AvgIpc) is 2.49. The van der Waals surface area contributed by atoms with Gasteiger partial charge >= 0.3 is 23.9 Å². The molecule has 1 aliphatic rings. The SMILES string of the molecule is CC(=O)O[C@@H]1[C@@H](OC(C)=O)[C@@H](O)O[C@H](COC(=O)C(C)(C)C)[C@H]1OC(C)=O. The predicted octanol–water partition coefficient (Wildman–Crippen LogP) is 0.0880. The van der Waals surface area contributed by atoms with Gasteiger partial charge in [0.2, 0.25) is 0 Å². The third kappa shape index (κ3) is 6.79. The normalized spacial score (nSPS) is 28.0. The lowest BCUT2D eigenvalue weighted by molar-refractivity contribution is -0.296. The highest BCUT2D eigenvalue weighted by atomic mass is 16.7. The molecule has 1 fully saturated rings. The van der Waals surface area contributed by atoms with Crippen molar-refractivity contribution in [3.8, 4) is 0 Å². The van der Waals surface area contributed by atoms with Gasteiger partial charge in [0.15, 0.2) is 24.6 Å². The Bertz CT molecular complexity index is 579. The van der Waals surface area contributed by atoms with Crippen molar-refractivity contribution in [1.29, 1.82) is 0 Å². The van der Waals surface area contributed by atoms with Crippen LogP contribution in [0.25, 0.3) is 0 Å². The Hall–Kier alpha value is -2.20. The monoisotopic (exact) mass is 390 g/mol. The first-order valence-electron chi connectivity index (χ1n) is 8.35. The lowest BCUT2D eigenvalue weighted by atomic mass is 9.96. The highest BCUT2D eigenvalue weighted by Gasteiger charge is 2.51. The van der Waals surface area contributed by atoms with Gasteiger partial charge in [0.25, 0.3) is 0 Å². The Morgan fingerprint density at radius 1 is 0.852 bits per heavy atom. The number of hydrogen-bond acceptors (Lipinski definition) is 10. The van der Waals surface area contributed by atoms with Gasteiger partial charge in [0.1, 0.15) is 12.7 Å². The van der Waals surface area contributed by atoms with E-state index in [1.54, 1.807) is 20.8 Å². The van der Waals surface area contributed by atoms with Crippen molar-refractivity contribution in [1.82, 2.24) is 0 Å². The van der Waals surface area contributed by atoms with Crippen molar-refractivity contribution in [2.24, 2.45) is 5.41 Å². The maximum atomic E-state index is 12.0. The second-order valence-corrected chi connectivity index (χ2v) is 7.14. The molecule has 154 valence electrons. The van der Waals surface area contributed by atoms with Crippen LogP contribution in [0.4, 0.5) is 0 Å². The fourth-order valence-corrected chi connectivity index (χ4v) is 2.38. The van der Waals surface area contributed by atoms with Crippen LogP contribution in [0.3, 0.4) is 0 Å². The zero-order valence-electron chi connectivity index (χ0n) is 16.2. The van der Waals surface area contributed by atoms with Crippen LogP contribution in [0.15, 0.2) is 0 Å². The van der Waals surface area contributed by atoms with Crippen molar-refractivity contribution in [3.63, 3.8) is 0 Å². The number of aliphatic hydroxyl groups excluding tert-OH is 1. The Kier molecular flexibility index (Phi) is 7.73. The van der Waals surface area contributed by atoms with E-state index in [9.17, 15) is 24.3 Å². The lowest BCUT2D eigenvalue weighted by Crippen LogP contribution is -2.62. The standard InChI is InChI=1S/C17H26O10/c1-8(18)24-12-11(7-23-16(22)17(4,5)6)27-15(21)14(26-10(3)20)13(12)25-9(2)19/h11-15,21H,7H2,1-6H3/t11-,12-,13+,14-,15+/m1/s1. The largest absolute Gasteiger partial charge is 0.462 e. The minimum absolute atomic E-state index is 0.379. The van der Waals surface area contributed by atoms with Crippen LogP contribution in [0, 0.1) is 5.41 Å². The van der Waals surface area contributed by atoms with Gasteiger partial charge in [-0.1, -0.05) is 0 Å². The molecule has 1 aliphatic heterocycles. The highest BCUT2D eigenvalue weighted by Crippen LogP contribution is 2.28. The molecule has 0 unspecified atom stereocenters. The van der Waals surface area contributed by atoms with Crippen molar-refractivity contribution < 1.29 is 48.0 Å². The summed E-state index contributed by atoms with van der Waals surface area (Å²) in [7, 11) is 0. The van der Waals surface area contributed by atoms with Gasteiger partial charge in [-0.25, -0.2) is 0 Å². The molecular weight excluding hydrogens is 364 g/mol. The Morgan fingerprint density at radius 3 is 1.74 bits per heavy atom. The Labute approximate surface area is 157 Å². The van der Waals surface area contributed by atoms with Crippen LogP contribution in [0.2, 0.25) is 0 Å². The molecule has 0 bridgehead atoms. The zero-order chi connectivity index (χ0) is 20.9. The van der Waals surface area contributed by atoms with Gasteiger partial charge in [-0.05, 0) is 20.8 Å². The summed E-state index contributed by atoms with van der Waals surface area (Å²) in [4.78, 5) is 46.3. The van der Waals surface area contributed by atoms with Gasteiger partial charge in [-0.15, -0.1) is 0 Å². The first-order valence-corrected chi connectivity index (χ1v) is 8.35. The molecule has 10 nitrogen and oxygen atoms in total. The number of carbonyl (C=O) groups is 4. The van der Waals surface area contributed by atoms with Crippen LogP contribution in [-0.2, 0) is 42.9 Å². The molecule has 5 atom stereocenters. The second-order valence-electron chi connectivity index (χ2n) is 7.14. The summed E-state index contributed by atoms with van der Waals surface area (Å²) < 4.78 is 25.7. The van der Waals surface area contributed by atoms with Crippen molar-refractivity contribution in [2.45, 2.75) is 72.2 Å². The fourth-order valence-electron chi connectivity index (χ4n) is 2.38. The number of hydrogen-bond donors (Lipinski definition) is 1. The number of carbonyl (C=O) groups excluding carboxylic acids is 4. The molecule has 1 rings (SSSR count). The molecule has 10 heteroatoms. The summed E-state index contributed by atoms with van der Waals surface area (Å²) in [5.41, 5.74) is -0.792. The van der Waals surface area contributed by atoms with E-state index >= 15 is 0 Å². The van der Waals surface area contributed by atoms with Crippen molar-refractivity contribution in [2.75, 3.05) is 6.61 Å². The fraction of sp³-hybridized carbons (Fsp3) is 0.765. The number of ether oxygens (including phenoxy) is 5. The molecule has 0 aromatic carbocycles. The average molecular weight is 390 g/mol. The van der Waals surface area contributed by atoms with Gasteiger partial charge < -0.3 is 28.8 Å². The Balaban J connectivity index is 3.10. The molecule has 0 saturated carbocycles. The van der Waals surface area contributed by atoms with E-state index in [1.165, 1.54) is 0 Å². The molecule has 1 N–H and O–H groups in total. The van der Waals surface area contributed by atoms with Crippen LogP contribution < -0.4 is 0 Å². The molecule has 0 aromatic heterocycles. The molecule has 1 saturated heterocycles. The molecule has 0 radical (unpaired) electrons. The van der Waals surface area contributed by atoms with E-state index in [0.717, 1.165) is 20.8 Å². The molecule has 27 heavy (non-hydrogen) atoms.